The molecule has 0 radical (unpaired) electrons. The number of nitrogens with one attached hydrogen (secondary N) is 1. The van der Waals surface area contributed by atoms with Gasteiger partial charge in [0.1, 0.15) is 5.75 Å². The lowest BCUT2D eigenvalue weighted by atomic mass is 10.1. The number of benzene rings is 1. The fourth-order valence-corrected chi connectivity index (χ4v) is 1.55. The molecule has 1 aromatic carbocycles. The highest BCUT2D eigenvalue weighted by atomic mass is 16.6. The summed E-state index contributed by atoms with van der Waals surface area (Å²) in [5.41, 5.74) is 0.917. The number of nitro groups is 1. The molecule has 1 N–H and O–H groups in total. The number of non-ortho nitro benzene ring substituents is 1. The van der Waals surface area contributed by atoms with Gasteiger partial charge in [-0.15, -0.1) is 0 Å². The van der Waals surface area contributed by atoms with E-state index in [9.17, 15) is 10.1 Å². The number of rotatable bonds is 7. The number of nitrogens with zero attached hydrogens (tertiary/aromatic N) is 1. The summed E-state index contributed by atoms with van der Waals surface area (Å²) in [6.45, 7) is 8.66. The van der Waals surface area contributed by atoms with Gasteiger partial charge in [0.05, 0.1) is 11.0 Å². The van der Waals surface area contributed by atoms with Gasteiger partial charge in [0.15, 0.2) is 0 Å². The molecule has 0 saturated heterocycles. The molecule has 0 fully saturated rings. The van der Waals surface area contributed by atoms with Crippen LogP contribution in [-0.4, -0.2) is 17.1 Å². The molecule has 0 bridgehead atoms. The summed E-state index contributed by atoms with van der Waals surface area (Å²) in [6, 6.07) is 5.06. The number of ether oxygens (including phenoxy) is 1. The Balaban J connectivity index is 2.96. The van der Waals surface area contributed by atoms with E-state index in [4.69, 9.17) is 4.74 Å². The first kappa shape index (κ1) is 15.4. The fourth-order valence-electron chi connectivity index (χ4n) is 1.55. The summed E-state index contributed by atoms with van der Waals surface area (Å²) in [5.74, 6) is 0.716. The van der Waals surface area contributed by atoms with Crippen LogP contribution in [0.4, 0.5) is 5.69 Å². The number of nitro benzene ring substituents is 1. The molecule has 0 heterocycles. The molecule has 19 heavy (non-hydrogen) atoms. The van der Waals surface area contributed by atoms with E-state index >= 15 is 0 Å². The lowest BCUT2D eigenvalue weighted by Crippen LogP contribution is -2.22. The minimum Gasteiger partial charge on any atom is -0.490 e. The van der Waals surface area contributed by atoms with Crippen LogP contribution in [0.15, 0.2) is 18.2 Å². The molecule has 0 saturated carbocycles. The van der Waals surface area contributed by atoms with Gasteiger partial charge < -0.3 is 10.1 Å². The van der Waals surface area contributed by atoms with E-state index in [1.807, 2.05) is 27.7 Å². The van der Waals surface area contributed by atoms with Crippen molar-refractivity contribution in [3.8, 4) is 5.75 Å². The van der Waals surface area contributed by atoms with Gasteiger partial charge in [-0.1, -0.05) is 20.8 Å². The predicted molar refractivity (Wildman–Crippen MR) is 75.5 cm³/mol. The molecule has 0 aliphatic carbocycles. The predicted octanol–water partition coefficient (Wildman–Crippen LogP) is 3.27. The lowest BCUT2D eigenvalue weighted by molar-refractivity contribution is -0.384. The second-order valence-electron chi connectivity index (χ2n) is 4.92. The Morgan fingerprint density at radius 1 is 1.37 bits per heavy atom. The van der Waals surface area contributed by atoms with Gasteiger partial charge in [-0.3, -0.25) is 10.1 Å². The quantitative estimate of drug-likeness (QED) is 0.607. The minimum absolute atomic E-state index is 0.0945. The summed E-state index contributed by atoms with van der Waals surface area (Å²) < 4.78 is 5.80. The van der Waals surface area contributed by atoms with Gasteiger partial charge in [-0.2, -0.15) is 0 Å². The van der Waals surface area contributed by atoms with Crippen molar-refractivity contribution in [2.45, 2.75) is 52.8 Å². The zero-order chi connectivity index (χ0) is 14.4. The molecule has 5 nitrogen and oxygen atoms in total. The molecule has 0 aromatic heterocycles. The molecule has 106 valence electrons. The monoisotopic (exact) mass is 266 g/mol. The minimum atomic E-state index is -0.383. The zero-order valence-corrected chi connectivity index (χ0v) is 12.0. The average molecular weight is 266 g/mol. The Labute approximate surface area is 114 Å². The van der Waals surface area contributed by atoms with E-state index in [2.05, 4.69) is 5.32 Å². The number of hydrogen-bond acceptors (Lipinski definition) is 4. The maximum absolute atomic E-state index is 10.8. The van der Waals surface area contributed by atoms with Gasteiger partial charge in [0.25, 0.3) is 5.69 Å². The molecular weight excluding hydrogens is 244 g/mol. The van der Waals surface area contributed by atoms with Crippen LogP contribution in [0.3, 0.4) is 0 Å². The van der Waals surface area contributed by atoms with Crippen LogP contribution in [0.1, 0.15) is 39.7 Å². The second-order valence-corrected chi connectivity index (χ2v) is 4.92. The van der Waals surface area contributed by atoms with Crippen LogP contribution in [0, 0.1) is 10.1 Å². The van der Waals surface area contributed by atoms with Gasteiger partial charge in [0, 0.05) is 30.3 Å². The first-order valence-corrected chi connectivity index (χ1v) is 6.61. The summed E-state index contributed by atoms with van der Waals surface area (Å²) in [6.07, 6.45) is 0.993. The van der Waals surface area contributed by atoms with Crippen molar-refractivity contribution in [3.63, 3.8) is 0 Å². The molecule has 0 amide bonds. The van der Waals surface area contributed by atoms with Crippen molar-refractivity contribution in [2.24, 2.45) is 0 Å². The van der Waals surface area contributed by atoms with Crippen LogP contribution in [-0.2, 0) is 6.54 Å². The summed E-state index contributed by atoms with van der Waals surface area (Å²) in [5, 5.41) is 14.1. The molecular formula is C14H22N2O3. The van der Waals surface area contributed by atoms with E-state index < -0.39 is 0 Å². The second kappa shape index (κ2) is 7.09. The van der Waals surface area contributed by atoms with Crippen molar-refractivity contribution in [3.05, 3.63) is 33.9 Å². The van der Waals surface area contributed by atoms with E-state index in [1.165, 1.54) is 6.07 Å². The van der Waals surface area contributed by atoms with E-state index in [0.717, 1.165) is 12.0 Å². The Morgan fingerprint density at radius 2 is 2.05 bits per heavy atom. The lowest BCUT2D eigenvalue weighted by Gasteiger charge is -2.17. The average Bonchev–Trinajstić information content (AvgIpc) is 2.36. The Morgan fingerprint density at radius 3 is 2.58 bits per heavy atom. The van der Waals surface area contributed by atoms with E-state index in [-0.39, 0.29) is 16.7 Å². The maximum atomic E-state index is 10.8. The smallest absolute Gasteiger partial charge is 0.270 e. The topological polar surface area (TPSA) is 64.4 Å². The van der Waals surface area contributed by atoms with Crippen molar-refractivity contribution in [1.29, 1.82) is 0 Å². The van der Waals surface area contributed by atoms with Crippen LogP contribution in [0.5, 0.6) is 5.75 Å². The maximum Gasteiger partial charge on any atom is 0.270 e. The van der Waals surface area contributed by atoms with Crippen LogP contribution < -0.4 is 10.1 Å². The molecule has 1 rings (SSSR count). The van der Waals surface area contributed by atoms with Crippen molar-refractivity contribution < 1.29 is 9.66 Å². The third kappa shape index (κ3) is 4.87. The summed E-state index contributed by atoms with van der Waals surface area (Å²) in [4.78, 5) is 10.4. The van der Waals surface area contributed by atoms with Crippen LogP contribution >= 0.6 is 0 Å². The van der Waals surface area contributed by atoms with E-state index in [1.54, 1.807) is 12.1 Å². The molecule has 5 heteroatoms. The standard InChI is InChI=1S/C14H22N2O3/c1-5-11(4)19-14-7-6-13(16(17)18)8-12(14)9-15-10(2)3/h6-8,10-11,15H,5,9H2,1-4H3. The van der Waals surface area contributed by atoms with E-state index in [0.29, 0.717) is 18.3 Å². The molecule has 1 atom stereocenters. The highest BCUT2D eigenvalue weighted by molar-refractivity contribution is 5.43. The van der Waals surface area contributed by atoms with Gasteiger partial charge in [0.2, 0.25) is 0 Å². The van der Waals surface area contributed by atoms with Gasteiger partial charge in [-0.05, 0) is 19.4 Å². The van der Waals surface area contributed by atoms with Gasteiger partial charge >= 0.3 is 0 Å². The Kier molecular flexibility index (Phi) is 5.76. The Hall–Kier alpha value is -1.62. The van der Waals surface area contributed by atoms with Crippen molar-refractivity contribution >= 4 is 5.69 Å². The SMILES string of the molecule is CCC(C)Oc1ccc([N+](=O)[O-])cc1CNC(C)C. The largest absolute Gasteiger partial charge is 0.490 e. The molecule has 1 aromatic rings. The Bertz CT molecular complexity index is 433. The summed E-state index contributed by atoms with van der Waals surface area (Å²) >= 11 is 0. The first-order valence-electron chi connectivity index (χ1n) is 6.61. The highest BCUT2D eigenvalue weighted by Crippen LogP contribution is 2.25. The van der Waals surface area contributed by atoms with Crippen LogP contribution in [0.2, 0.25) is 0 Å². The molecule has 0 aliphatic rings. The molecule has 1 unspecified atom stereocenters. The van der Waals surface area contributed by atoms with Crippen molar-refractivity contribution in [2.75, 3.05) is 0 Å². The third-order valence-corrected chi connectivity index (χ3v) is 2.86. The fraction of sp³-hybridized carbons (Fsp3) is 0.571. The zero-order valence-electron chi connectivity index (χ0n) is 12.0. The third-order valence-electron chi connectivity index (χ3n) is 2.86. The number of hydrogen-bond donors (Lipinski definition) is 1. The molecule has 0 aliphatic heterocycles. The summed E-state index contributed by atoms with van der Waals surface area (Å²) in [7, 11) is 0. The highest BCUT2D eigenvalue weighted by Gasteiger charge is 2.13. The van der Waals surface area contributed by atoms with Gasteiger partial charge in [-0.25, -0.2) is 0 Å². The first-order chi connectivity index (χ1) is 8.93. The van der Waals surface area contributed by atoms with Crippen LogP contribution in [0.25, 0.3) is 0 Å². The van der Waals surface area contributed by atoms with Crippen molar-refractivity contribution in [1.82, 2.24) is 5.32 Å². The molecule has 0 spiro atoms. The normalized spacial score (nSPS) is 12.5.